The van der Waals surface area contributed by atoms with Crippen LogP contribution in [0.15, 0.2) is 24.3 Å². The average molecular weight is 345 g/mol. The van der Waals surface area contributed by atoms with Crippen LogP contribution in [-0.4, -0.2) is 49.3 Å². The van der Waals surface area contributed by atoms with Crippen LogP contribution in [0.25, 0.3) is 0 Å². The van der Waals surface area contributed by atoms with Crippen LogP contribution in [0.4, 0.5) is 4.79 Å². The van der Waals surface area contributed by atoms with Gasteiger partial charge in [-0.25, -0.2) is 4.79 Å². The number of carbonyl (C=O) groups excluding carboxylic acids is 1. The number of amides is 2. The van der Waals surface area contributed by atoms with Gasteiger partial charge in [0.1, 0.15) is 5.75 Å². The Kier molecular flexibility index (Phi) is 5.84. The summed E-state index contributed by atoms with van der Waals surface area (Å²) in [5.41, 5.74) is 1.17. The van der Waals surface area contributed by atoms with E-state index in [0.29, 0.717) is 18.1 Å². The van der Waals surface area contributed by atoms with Crippen LogP contribution >= 0.6 is 0 Å². The van der Waals surface area contributed by atoms with Crippen LogP contribution in [-0.2, 0) is 6.42 Å². The fraction of sp³-hybridized carbons (Fsp3) is 0.650. The number of ether oxygens (including phenoxy) is 1. The van der Waals surface area contributed by atoms with Crippen molar-refractivity contribution >= 4 is 6.03 Å². The van der Waals surface area contributed by atoms with E-state index in [1.807, 2.05) is 25.1 Å². The van der Waals surface area contributed by atoms with Gasteiger partial charge >= 0.3 is 6.03 Å². The number of hydrogen-bond acceptors (Lipinski definition) is 3. The third-order valence-electron chi connectivity index (χ3n) is 5.73. The van der Waals surface area contributed by atoms with Gasteiger partial charge in [0.15, 0.2) is 0 Å². The first kappa shape index (κ1) is 18.1. The van der Waals surface area contributed by atoms with Crippen molar-refractivity contribution in [2.45, 2.75) is 69.6 Å². The molecule has 2 N–H and O–H groups in total. The smallest absolute Gasteiger partial charge is 0.315 e. The summed E-state index contributed by atoms with van der Waals surface area (Å²) in [5.74, 6) is 0.854. The van der Waals surface area contributed by atoms with E-state index >= 15 is 0 Å². The molecule has 0 radical (unpaired) electrons. The Morgan fingerprint density at radius 3 is 2.72 bits per heavy atom. The van der Waals surface area contributed by atoms with E-state index in [1.165, 1.54) is 24.8 Å². The minimum Gasteiger partial charge on any atom is -0.497 e. The molecule has 3 rings (SSSR count). The van der Waals surface area contributed by atoms with Gasteiger partial charge in [-0.2, -0.15) is 0 Å². The third-order valence-corrected chi connectivity index (χ3v) is 5.73. The zero-order chi connectivity index (χ0) is 17.8. The predicted molar refractivity (Wildman–Crippen MR) is 100 cm³/mol. The topological polar surface area (TPSA) is 53.6 Å². The van der Waals surface area contributed by atoms with Crippen LogP contribution in [0.5, 0.6) is 5.75 Å². The number of hydrogen-bond donors (Lipinski definition) is 2. The largest absolute Gasteiger partial charge is 0.497 e. The number of fused-ring (bicyclic) bond motifs is 2. The second-order valence-corrected chi connectivity index (χ2v) is 7.65. The maximum absolute atomic E-state index is 12.4. The fourth-order valence-electron chi connectivity index (χ4n) is 4.39. The summed E-state index contributed by atoms with van der Waals surface area (Å²) in [5, 5.41) is 6.29. The molecule has 1 unspecified atom stereocenters. The highest BCUT2D eigenvalue weighted by Crippen LogP contribution is 2.32. The summed E-state index contributed by atoms with van der Waals surface area (Å²) in [6.07, 6.45) is 6.80. The average Bonchev–Trinajstić information content (AvgIpc) is 2.55. The Bertz CT molecular complexity index is 578. The molecule has 138 valence electrons. The van der Waals surface area contributed by atoms with Crippen molar-refractivity contribution in [3.8, 4) is 5.75 Å². The predicted octanol–water partition coefficient (Wildman–Crippen LogP) is 2.94. The van der Waals surface area contributed by atoms with Crippen molar-refractivity contribution in [1.29, 1.82) is 0 Å². The molecule has 2 fully saturated rings. The lowest BCUT2D eigenvalue weighted by Crippen LogP contribution is -2.57. The second kappa shape index (κ2) is 8.09. The molecule has 0 saturated carbocycles. The van der Waals surface area contributed by atoms with Gasteiger partial charge in [-0.05, 0) is 63.8 Å². The van der Waals surface area contributed by atoms with Gasteiger partial charge in [0.2, 0.25) is 0 Å². The molecule has 5 heteroatoms. The molecule has 2 amide bonds. The Labute approximate surface area is 151 Å². The molecule has 2 aliphatic rings. The standard InChI is InChI=1S/C20H31N3O2/c1-14(10-15-6-4-9-19(11-15)25-3)21-20(24)22-16-12-17-7-5-8-18(13-16)23(17)2/h4,6,9,11,14,16-18H,5,7-8,10,12-13H2,1-3H3,(H2,21,22,24)/t14-,16?,17-,18+/m0/s1. The van der Waals surface area contributed by atoms with E-state index in [0.717, 1.165) is 25.0 Å². The molecule has 25 heavy (non-hydrogen) atoms. The van der Waals surface area contributed by atoms with Crippen LogP contribution in [0, 0.1) is 0 Å². The number of methoxy groups -OCH3 is 1. The molecule has 2 aliphatic heterocycles. The van der Waals surface area contributed by atoms with Gasteiger partial charge < -0.3 is 20.3 Å². The molecule has 0 spiro atoms. The van der Waals surface area contributed by atoms with Crippen molar-refractivity contribution < 1.29 is 9.53 Å². The maximum atomic E-state index is 12.4. The lowest BCUT2D eigenvalue weighted by atomic mass is 9.82. The van der Waals surface area contributed by atoms with Gasteiger partial charge in [0.25, 0.3) is 0 Å². The van der Waals surface area contributed by atoms with Gasteiger partial charge in [-0.1, -0.05) is 18.6 Å². The van der Waals surface area contributed by atoms with Gasteiger partial charge in [0, 0.05) is 24.2 Å². The number of nitrogens with zero attached hydrogens (tertiary/aromatic N) is 1. The number of piperidine rings is 2. The number of carbonyl (C=O) groups is 1. The minimum atomic E-state index is -0.0389. The summed E-state index contributed by atoms with van der Waals surface area (Å²) < 4.78 is 5.26. The summed E-state index contributed by atoms with van der Waals surface area (Å²) in [4.78, 5) is 14.9. The first-order valence-corrected chi connectivity index (χ1v) is 9.47. The molecular formula is C20H31N3O2. The Balaban J connectivity index is 1.47. The van der Waals surface area contributed by atoms with E-state index in [4.69, 9.17) is 4.74 Å². The lowest BCUT2D eigenvalue weighted by molar-refractivity contribution is 0.0508. The first-order valence-electron chi connectivity index (χ1n) is 9.47. The minimum absolute atomic E-state index is 0.0389. The second-order valence-electron chi connectivity index (χ2n) is 7.65. The van der Waals surface area contributed by atoms with E-state index in [9.17, 15) is 4.79 Å². The van der Waals surface area contributed by atoms with Gasteiger partial charge in [-0.3, -0.25) is 0 Å². The summed E-state index contributed by atoms with van der Waals surface area (Å²) in [6.45, 7) is 2.04. The molecular weight excluding hydrogens is 314 g/mol. The van der Waals surface area contributed by atoms with E-state index < -0.39 is 0 Å². The van der Waals surface area contributed by atoms with Gasteiger partial charge in [-0.15, -0.1) is 0 Å². The molecule has 0 aromatic heterocycles. The van der Waals surface area contributed by atoms with Crippen LogP contribution in [0.2, 0.25) is 0 Å². The molecule has 1 aromatic carbocycles. The Morgan fingerprint density at radius 1 is 1.32 bits per heavy atom. The SMILES string of the molecule is COc1cccc(C[C@H](C)NC(=O)NC2C[C@H]3CCC[C@@H](C2)N3C)c1. The molecule has 5 nitrogen and oxygen atoms in total. The highest BCUT2D eigenvalue weighted by molar-refractivity contribution is 5.74. The molecule has 2 bridgehead atoms. The highest BCUT2D eigenvalue weighted by atomic mass is 16.5. The lowest BCUT2D eigenvalue weighted by Gasteiger charge is -2.47. The summed E-state index contributed by atoms with van der Waals surface area (Å²) >= 11 is 0. The Morgan fingerprint density at radius 2 is 2.04 bits per heavy atom. The van der Waals surface area contributed by atoms with E-state index in [1.54, 1.807) is 7.11 Å². The van der Waals surface area contributed by atoms with Crippen LogP contribution < -0.4 is 15.4 Å². The molecule has 0 aliphatic carbocycles. The van der Waals surface area contributed by atoms with Crippen molar-refractivity contribution in [1.82, 2.24) is 15.5 Å². The van der Waals surface area contributed by atoms with E-state index in [-0.39, 0.29) is 12.1 Å². The number of rotatable bonds is 5. The molecule has 2 saturated heterocycles. The number of urea groups is 1. The molecule has 1 aromatic rings. The monoisotopic (exact) mass is 345 g/mol. The highest BCUT2D eigenvalue weighted by Gasteiger charge is 2.36. The molecule has 2 heterocycles. The van der Waals surface area contributed by atoms with Crippen molar-refractivity contribution in [2.75, 3.05) is 14.2 Å². The number of benzene rings is 1. The Hall–Kier alpha value is -1.75. The van der Waals surface area contributed by atoms with Crippen molar-refractivity contribution in [3.63, 3.8) is 0 Å². The zero-order valence-corrected chi connectivity index (χ0v) is 15.6. The summed E-state index contributed by atoms with van der Waals surface area (Å²) in [6, 6.07) is 9.62. The van der Waals surface area contributed by atoms with Crippen LogP contribution in [0.3, 0.4) is 0 Å². The zero-order valence-electron chi connectivity index (χ0n) is 15.6. The quantitative estimate of drug-likeness (QED) is 0.863. The fourth-order valence-corrected chi connectivity index (χ4v) is 4.39. The van der Waals surface area contributed by atoms with Crippen molar-refractivity contribution in [3.05, 3.63) is 29.8 Å². The number of nitrogens with one attached hydrogen (secondary N) is 2. The van der Waals surface area contributed by atoms with Crippen molar-refractivity contribution in [2.24, 2.45) is 0 Å². The normalized spacial score (nSPS) is 27.4. The summed E-state index contributed by atoms with van der Waals surface area (Å²) in [7, 11) is 3.91. The maximum Gasteiger partial charge on any atom is 0.315 e. The molecule has 4 atom stereocenters. The first-order chi connectivity index (χ1) is 12.0. The van der Waals surface area contributed by atoms with Crippen LogP contribution in [0.1, 0.15) is 44.6 Å². The van der Waals surface area contributed by atoms with Gasteiger partial charge in [0.05, 0.1) is 7.11 Å². The third kappa shape index (κ3) is 4.66. The van der Waals surface area contributed by atoms with E-state index in [2.05, 4.69) is 28.6 Å².